The second-order valence-electron chi connectivity index (χ2n) is 12.6. The number of piperidine rings is 2. The van der Waals surface area contributed by atoms with Crippen molar-refractivity contribution in [3.8, 4) is 0 Å². The molecule has 0 aromatic heterocycles. The van der Waals surface area contributed by atoms with E-state index >= 15 is 0 Å². The lowest BCUT2D eigenvalue weighted by atomic mass is 9.74. The van der Waals surface area contributed by atoms with Crippen LogP contribution in [0.3, 0.4) is 0 Å². The number of benzene rings is 2. The summed E-state index contributed by atoms with van der Waals surface area (Å²) in [6, 6.07) is 15.7. The number of carbonyl (C=O) groups is 1. The zero-order chi connectivity index (χ0) is 29.3. The molecule has 1 amide bonds. The van der Waals surface area contributed by atoms with Crippen molar-refractivity contribution >= 4 is 31.6 Å². The number of likely N-dealkylation sites (tertiary alicyclic amines) is 1. The fourth-order valence-electron chi connectivity index (χ4n) is 6.81. The Morgan fingerprint density at radius 3 is 2.12 bits per heavy atom. The van der Waals surface area contributed by atoms with Crippen LogP contribution in [0.5, 0.6) is 0 Å². The Hall–Kier alpha value is -2.31. The second-order valence-corrected chi connectivity index (χ2v) is 16.4. The van der Waals surface area contributed by atoms with Gasteiger partial charge in [0.2, 0.25) is 26.0 Å². The smallest absolute Gasteiger partial charge is 0.243 e. The molecule has 11 heteroatoms. The monoisotopic (exact) mass is 602 g/mol. The molecule has 0 atom stereocenters. The van der Waals surface area contributed by atoms with Crippen molar-refractivity contribution in [3.63, 3.8) is 0 Å². The third-order valence-corrected chi connectivity index (χ3v) is 12.8. The maximum Gasteiger partial charge on any atom is 0.243 e. The van der Waals surface area contributed by atoms with Gasteiger partial charge in [-0.3, -0.25) is 9.69 Å². The number of amides is 1. The molecule has 3 fully saturated rings. The average molecular weight is 603 g/mol. The molecule has 3 aliphatic rings. The van der Waals surface area contributed by atoms with Gasteiger partial charge in [0, 0.05) is 30.9 Å². The summed E-state index contributed by atoms with van der Waals surface area (Å²) in [5.41, 5.74) is 0.817. The van der Waals surface area contributed by atoms with Crippen molar-refractivity contribution in [2.75, 3.05) is 44.6 Å². The van der Waals surface area contributed by atoms with Crippen LogP contribution in [0.2, 0.25) is 0 Å². The molecular weight excluding hydrogens is 560 g/mol. The number of nitrogens with zero attached hydrogens (tertiary/aromatic N) is 3. The van der Waals surface area contributed by atoms with Crippen LogP contribution in [-0.4, -0.2) is 81.1 Å². The first kappa shape index (κ1) is 30.2. The molecule has 224 valence electrons. The molecule has 0 saturated carbocycles. The van der Waals surface area contributed by atoms with E-state index in [9.17, 15) is 21.6 Å². The molecule has 3 heterocycles. The lowest BCUT2D eigenvalue weighted by Crippen LogP contribution is -2.45. The van der Waals surface area contributed by atoms with Gasteiger partial charge in [0.15, 0.2) is 0 Å². The quantitative estimate of drug-likeness (QED) is 0.491. The number of carbonyl (C=O) groups excluding carboxylic acids is 1. The van der Waals surface area contributed by atoms with Crippen molar-refractivity contribution in [1.82, 2.24) is 13.5 Å². The summed E-state index contributed by atoms with van der Waals surface area (Å²) in [5.74, 6) is -0.142. The van der Waals surface area contributed by atoms with E-state index in [4.69, 9.17) is 0 Å². The van der Waals surface area contributed by atoms with Gasteiger partial charge >= 0.3 is 0 Å². The SMILES string of the molecule is CC1(C)CC2(CCN(CC(=O)Nc3ccc(S(=O)(=O)N4CCCCC4)cc3)CC2)CN1S(=O)(=O)Cc1ccccc1. The van der Waals surface area contributed by atoms with Crippen LogP contribution in [0.15, 0.2) is 59.5 Å². The van der Waals surface area contributed by atoms with Gasteiger partial charge in [-0.1, -0.05) is 36.8 Å². The summed E-state index contributed by atoms with van der Waals surface area (Å²) in [7, 11) is -6.97. The normalized spacial score (nSPS) is 22.1. The van der Waals surface area contributed by atoms with Crippen LogP contribution < -0.4 is 5.32 Å². The number of sulfonamides is 2. The van der Waals surface area contributed by atoms with Crippen LogP contribution in [-0.2, 0) is 30.6 Å². The highest BCUT2D eigenvalue weighted by Crippen LogP contribution is 2.49. The Balaban J connectivity index is 1.14. The number of rotatable bonds is 8. The molecule has 1 spiro atoms. The molecule has 0 unspecified atom stereocenters. The van der Waals surface area contributed by atoms with Gasteiger partial charge < -0.3 is 5.32 Å². The van der Waals surface area contributed by atoms with Gasteiger partial charge in [0.1, 0.15) is 0 Å². The largest absolute Gasteiger partial charge is 0.325 e. The number of anilines is 1. The molecule has 1 N–H and O–H groups in total. The van der Waals surface area contributed by atoms with Gasteiger partial charge in [-0.2, -0.15) is 8.61 Å². The van der Waals surface area contributed by atoms with E-state index in [0.29, 0.717) is 25.3 Å². The van der Waals surface area contributed by atoms with Gasteiger partial charge in [0.05, 0.1) is 17.2 Å². The molecule has 41 heavy (non-hydrogen) atoms. The fourth-order valence-corrected chi connectivity index (χ4v) is 10.4. The van der Waals surface area contributed by atoms with Crippen molar-refractivity contribution in [2.45, 2.75) is 68.6 Å². The van der Waals surface area contributed by atoms with Crippen molar-refractivity contribution in [1.29, 1.82) is 0 Å². The maximum absolute atomic E-state index is 13.4. The van der Waals surface area contributed by atoms with Crippen LogP contribution in [0, 0.1) is 5.41 Å². The minimum Gasteiger partial charge on any atom is -0.325 e. The Labute approximate surface area is 245 Å². The van der Waals surface area contributed by atoms with E-state index in [1.807, 2.05) is 44.2 Å². The lowest BCUT2D eigenvalue weighted by molar-refractivity contribution is -0.117. The molecule has 0 aliphatic carbocycles. The summed E-state index contributed by atoms with van der Waals surface area (Å²) in [5, 5.41) is 2.90. The predicted octanol–water partition coefficient (Wildman–Crippen LogP) is 3.90. The maximum atomic E-state index is 13.4. The van der Waals surface area contributed by atoms with E-state index < -0.39 is 25.6 Å². The van der Waals surface area contributed by atoms with Crippen LogP contribution >= 0.6 is 0 Å². The Kier molecular flexibility index (Phi) is 8.65. The minimum atomic E-state index is -3.51. The predicted molar refractivity (Wildman–Crippen MR) is 160 cm³/mol. The minimum absolute atomic E-state index is 0.00477. The summed E-state index contributed by atoms with van der Waals surface area (Å²) >= 11 is 0. The number of nitrogens with one attached hydrogen (secondary N) is 1. The van der Waals surface area contributed by atoms with Gasteiger partial charge in [-0.05, 0) is 94.3 Å². The Bertz CT molecular complexity index is 1430. The van der Waals surface area contributed by atoms with Crippen molar-refractivity contribution in [3.05, 3.63) is 60.2 Å². The van der Waals surface area contributed by atoms with Crippen LogP contribution in [0.1, 0.15) is 57.9 Å². The van der Waals surface area contributed by atoms with Crippen LogP contribution in [0.25, 0.3) is 0 Å². The second kappa shape index (κ2) is 11.8. The van der Waals surface area contributed by atoms with E-state index in [-0.39, 0.29) is 28.5 Å². The topological polar surface area (TPSA) is 107 Å². The highest BCUT2D eigenvalue weighted by Gasteiger charge is 2.53. The first-order valence-corrected chi connectivity index (χ1v) is 17.6. The molecule has 9 nitrogen and oxygen atoms in total. The summed E-state index contributed by atoms with van der Waals surface area (Å²) < 4.78 is 55.8. The molecule has 2 aromatic rings. The zero-order valence-corrected chi connectivity index (χ0v) is 25.7. The van der Waals surface area contributed by atoms with Gasteiger partial charge in [-0.25, -0.2) is 16.8 Å². The summed E-state index contributed by atoms with van der Waals surface area (Å²) in [4.78, 5) is 15.2. The first-order chi connectivity index (χ1) is 19.4. The van der Waals surface area contributed by atoms with Gasteiger partial charge in [-0.15, -0.1) is 0 Å². The zero-order valence-electron chi connectivity index (χ0n) is 24.1. The summed E-state index contributed by atoms with van der Waals surface area (Å²) in [6.07, 6.45) is 5.31. The highest BCUT2D eigenvalue weighted by atomic mass is 32.2. The molecule has 3 aliphatic heterocycles. The van der Waals surface area contributed by atoms with E-state index in [1.54, 1.807) is 28.6 Å². The van der Waals surface area contributed by atoms with Crippen molar-refractivity contribution in [2.24, 2.45) is 5.41 Å². The average Bonchev–Trinajstić information content (AvgIpc) is 3.22. The molecular formula is C30H42N4O5S2. The molecule has 0 radical (unpaired) electrons. The standard InChI is InChI=1S/C30H42N4O5S2/c1-29(2)23-30(24-34(29)40(36,37)22-25-9-5-3-6-10-25)15-19-32(20-16-30)21-28(35)31-26-11-13-27(14-12-26)41(38,39)33-17-7-4-8-18-33/h3,5-6,9-14H,4,7-8,15-24H2,1-2H3,(H,31,35). The van der Waals surface area contributed by atoms with E-state index in [1.165, 1.54) is 4.31 Å². The molecule has 0 bridgehead atoms. The fraction of sp³-hybridized carbons (Fsp3) is 0.567. The van der Waals surface area contributed by atoms with Crippen molar-refractivity contribution < 1.29 is 21.6 Å². The lowest BCUT2D eigenvalue weighted by Gasteiger charge is -2.39. The van der Waals surface area contributed by atoms with Gasteiger partial charge in [0.25, 0.3) is 0 Å². The third-order valence-electron chi connectivity index (χ3n) is 8.86. The Morgan fingerprint density at radius 1 is 0.854 bits per heavy atom. The molecule has 2 aromatic carbocycles. The first-order valence-electron chi connectivity index (χ1n) is 14.6. The number of hydrogen-bond acceptors (Lipinski definition) is 6. The molecule has 5 rings (SSSR count). The highest BCUT2D eigenvalue weighted by molar-refractivity contribution is 7.89. The summed E-state index contributed by atoms with van der Waals surface area (Å²) in [6.45, 7) is 7.35. The van der Waals surface area contributed by atoms with E-state index in [0.717, 1.165) is 57.2 Å². The van der Waals surface area contributed by atoms with Crippen LogP contribution in [0.4, 0.5) is 5.69 Å². The Morgan fingerprint density at radius 2 is 1.49 bits per heavy atom. The molecule has 3 saturated heterocycles. The third kappa shape index (κ3) is 6.85. The number of hydrogen-bond donors (Lipinski definition) is 1. The van der Waals surface area contributed by atoms with E-state index in [2.05, 4.69) is 10.2 Å².